The number of hydrogen-bond donors (Lipinski definition) is 0. The molecule has 6 heteroatoms. The van der Waals surface area contributed by atoms with Gasteiger partial charge in [-0.2, -0.15) is 13.2 Å². The fourth-order valence-electron chi connectivity index (χ4n) is 2.52. The Kier molecular flexibility index (Phi) is 3.93. The lowest BCUT2D eigenvalue weighted by Gasteiger charge is -2.10. The highest BCUT2D eigenvalue weighted by Gasteiger charge is 2.39. The van der Waals surface area contributed by atoms with E-state index in [2.05, 4.69) is 0 Å². The van der Waals surface area contributed by atoms with Gasteiger partial charge in [-0.25, -0.2) is 0 Å². The van der Waals surface area contributed by atoms with Crippen molar-refractivity contribution in [1.82, 2.24) is 0 Å². The number of Topliss-reactive ketones (excluding diaryl/α,β-unsaturated/α-hetero) is 1. The highest BCUT2D eigenvalue weighted by molar-refractivity contribution is 8.05. The molecule has 0 saturated heterocycles. The standard InChI is InChI=1S/C17H11F3O2S/c1-22-11-7-8-12-13(9-11)14(10-5-3-2-4-6-10)16(15(12)21)23-17(18,19)20/h2-9H,1H3. The molecule has 118 valence electrons. The van der Waals surface area contributed by atoms with Crippen molar-refractivity contribution in [2.24, 2.45) is 0 Å². The third-order valence-electron chi connectivity index (χ3n) is 3.45. The fraction of sp³-hybridized carbons (Fsp3) is 0.118. The molecule has 0 aromatic heterocycles. The minimum atomic E-state index is -4.53. The fourth-order valence-corrected chi connectivity index (χ4v) is 3.28. The van der Waals surface area contributed by atoms with Crippen LogP contribution in [0.25, 0.3) is 5.57 Å². The molecule has 0 unspecified atom stereocenters. The molecule has 0 amide bonds. The second-order valence-electron chi connectivity index (χ2n) is 4.86. The van der Waals surface area contributed by atoms with E-state index in [-0.39, 0.29) is 22.2 Å². The predicted octanol–water partition coefficient (Wildman–Crippen LogP) is 4.90. The molecule has 0 saturated carbocycles. The van der Waals surface area contributed by atoms with Crippen LogP contribution in [0.1, 0.15) is 21.5 Å². The quantitative estimate of drug-likeness (QED) is 0.797. The Bertz CT molecular complexity index is 795. The lowest BCUT2D eigenvalue weighted by Crippen LogP contribution is -2.05. The maximum absolute atomic E-state index is 12.9. The summed E-state index contributed by atoms with van der Waals surface area (Å²) in [6, 6.07) is 13.3. The lowest BCUT2D eigenvalue weighted by atomic mass is 9.99. The summed E-state index contributed by atoms with van der Waals surface area (Å²) in [6.07, 6.45) is 0. The molecule has 2 aromatic rings. The number of hydrogen-bond acceptors (Lipinski definition) is 3. The van der Waals surface area contributed by atoms with Crippen molar-refractivity contribution in [1.29, 1.82) is 0 Å². The summed E-state index contributed by atoms with van der Waals surface area (Å²) in [5.74, 6) is -0.118. The molecule has 0 spiro atoms. The van der Waals surface area contributed by atoms with Crippen molar-refractivity contribution in [3.8, 4) is 5.75 Å². The second kappa shape index (κ2) is 5.77. The molecule has 1 aliphatic rings. The summed E-state index contributed by atoms with van der Waals surface area (Å²) in [4.78, 5) is 12.1. The van der Waals surface area contributed by atoms with E-state index in [0.717, 1.165) is 0 Å². The Morgan fingerprint density at radius 2 is 1.70 bits per heavy atom. The Labute approximate surface area is 135 Å². The molecule has 1 aliphatic carbocycles. The molecule has 0 atom stereocenters. The topological polar surface area (TPSA) is 26.3 Å². The molecule has 0 aliphatic heterocycles. The van der Waals surface area contributed by atoms with Gasteiger partial charge in [-0.05, 0) is 41.1 Å². The van der Waals surface area contributed by atoms with Gasteiger partial charge in [0.05, 0.1) is 12.0 Å². The Balaban J connectivity index is 2.23. The number of methoxy groups -OCH3 is 1. The number of alkyl halides is 3. The summed E-state index contributed by atoms with van der Waals surface area (Å²) in [5, 5.41) is 0. The zero-order chi connectivity index (χ0) is 16.6. The van der Waals surface area contributed by atoms with Gasteiger partial charge in [0.15, 0.2) is 0 Å². The van der Waals surface area contributed by atoms with Crippen molar-refractivity contribution in [2.45, 2.75) is 5.51 Å². The average molecular weight is 336 g/mol. The monoisotopic (exact) mass is 336 g/mol. The first-order valence-electron chi connectivity index (χ1n) is 6.69. The van der Waals surface area contributed by atoms with E-state index >= 15 is 0 Å². The van der Waals surface area contributed by atoms with Gasteiger partial charge >= 0.3 is 5.51 Å². The number of halogens is 3. The number of carbonyl (C=O) groups excluding carboxylic acids is 1. The maximum atomic E-state index is 12.9. The average Bonchev–Trinajstić information content (AvgIpc) is 2.78. The molecule has 0 heterocycles. The van der Waals surface area contributed by atoms with E-state index in [4.69, 9.17) is 4.74 Å². The van der Waals surface area contributed by atoms with Crippen molar-refractivity contribution < 1.29 is 22.7 Å². The van der Waals surface area contributed by atoms with E-state index in [1.807, 2.05) is 0 Å². The Hall–Kier alpha value is -2.21. The van der Waals surface area contributed by atoms with Crippen molar-refractivity contribution >= 4 is 23.1 Å². The van der Waals surface area contributed by atoms with Crippen molar-refractivity contribution in [3.05, 3.63) is 70.1 Å². The van der Waals surface area contributed by atoms with Crippen molar-refractivity contribution in [3.63, 3.8) is 0 Å². The smallest absolute Gasteiger partial charge is 0.446 e. The number of allylic oxidation sites excluding steroid dienone is 1. The van der Waals surface area contributed by atoms with Gasteiger partial charge in [0.1, 0.15) is 5.75 Å². The van der Waals surface area contributed by atoms with Crippen LogP contribution in [0.15, 0.2) is 53.4 Å². The minimum absolute atomic E-state index is 0.261. The second-order valence-corrected chi connectivity index (χ2v) is 5.93. The number of ether oxygens (including phenoxy) is 1. The van der Waals surface area contributed by atoms with Crippen LogP contribution in [-0.2, 0) is 0 Å². The molecular formula is C17H11F3O2S. The molecule has 0 radical (unpaired) electrons. The van der Waals surface area contributed by atoms with Gasteiger partial charge in [0.25, 0.3) is 0 Å². The van der Waals surface area contributed by atoms with Crippen LogP contribution in [0, 0.1) is 0 Å². The first kappa shape index (κ1) is 15.7. The highest BCUT2D eigenvalue weighted by Crippen LogP contribution is 2.48. The third-order valence-corrected chi connectivity index (χ3v) is 4.28. The largest absolute Gasteiger partial charge is 0.497 e. The summed E-state index contributed by atoms with van der Waals surface area (Å²) in [6.45, 7) is 0. The molecule has 0 fully saturated rings. The molecule has 23 heavy (non-hydrogen) atoms. The number of thioether (sulfide) groups is 1. The molecule has 0 N–H and O–H groups in total. The van der Waals surface area contributed by atoms with Crippen LogP contribution < -0.4 is 4.74 Å². The first-order chi connectivity index (χ1) is 10.9. The van der Waals surface area contributed by atoms with E-state index in [1.165, 1.54) is 13.2 Å². The molecule has 3 rings (SSSR count). The Morgan fingerprint density at radius 3 is 2.30 bits per heavy atom. The number of benzene rings is 2. The summed E-state index contributed by atoms with van der Waals surface area (Å²) in [5.41, 5.74) is -2.94. The minimum Gasteiger partial charge on any atom is -0.497 e. The predicted molar refractivity (Wildman–Crippen MR) is 83.4 cm³/mol. The summed E-state index contributed by atoms with van der Waals surface area (Å²) in [7, 11) is 1.47. The van der Waals surface area contributed by atoms with Gasteiger partial charge in [0, 0.05) is 11.1 Å². The SMILES string of the molecule is COc1ccc2c(c1)C(c1ccccc1)=C(SC(F)(F)F)C2=O. The van der Waals surface area contributed by atoms with Gasteiger partial charge in [-0.15, -0.1) is 0 Å². The van der Waals surface area contributed by atoms with Crippen LogP contribution in [0.2, 0.25) is 0 Å². The van der Waals surface area contributed by atoms with Crippen LogP contribution >= 0.6 is 11.8 Å². The van der Waals surface area contributed by atoms with Gasteiger partial charge in [0.2, 0.25) is 5.78 Å². The number of rotatable bonds is 3. The molecular weight excluding hydrogens is 325 g/mol. The number of ketones is 1. The zero-order valence-electron chi connectivity index (χ0n) is 12.0. The highest BCUT2D eigenvalue weighted by atomic mass is 32.2. The molecule has 0 bridgehead atoms. The van der Waals surface area contributed by atoms with Crippen LogP contribution in [-0.4, -0.2) is 18.4 Å². The first-order valence-corrected chi connectivity index (χ1v) is 7.51. The number of carbonyl (C=O) groups is 1. The third kappa shape index (κ3) is 2.99. The van der Waals surface area contributed by atoms with E-state index in [9.17, 15) is 18.0 Å². The van der Waals surface area contributed by atoms with Gasteiger partial charge < -0.3 is 4.74 Å². The molecule has 2 aromatic carbocycles. The lowest BCUT2D eigenvalue weighted by molar-refractivity contribution is -0.0322. The summed E-state index contributed by atoms with van der Waals surface area (Å²) < 4.78 is 43.8. The Morgan fingerprint density at radius 1 is 1.00 bits per heavy atom. The van der Waals surface area contributed by atoms with E-state index in [1.54, 1.807) is 42.5 Å². The van der Waals surface area contributed by atoms with Gasteiger partial charge in [-0.1, -0.05) is 30.3 Å². The van der Waals surface area contributed by atoms with Crippen LogP contribution in [0.4, 0.5) is 13.2 Å². The van der Waals surface area contributed by atoms with Gasteiger partial charge in [-0.3, -0.25) is 4.79 Å². The van der Waals surface area contributed by atoms with E-state index in [0.29, 0.717) is 22.4 Å². The molecule has 2 nitrogen and oxygen atoms in total. The summed E-state index contributed by atoms with van der Waals surface area (Å²) >= 11 is -0.365. The van der Waals surface area contributed by atoms with E-state index < -0.39 is 11.3 Å². The van der Waals surface area contributed by atoms with Crippen LogP contribution in [0.5, 0.6) is 5.75 Å². The maximum Gasteiger partial charge on any atom is 0.446 e. The zero-order valence-corrected chi connectivity index (χ0v) is 12.8. The normalized spacial score (nSPS) is 14.2. The number of fused-ring (bicyclic) bond motifs is 1. The van der Waals surface area contributed by atoms with Crippen LogP contribution in [0.3, 0.4) is 0 Å². The van der Waals surface area contributed by atoms with Crippen molar-refractivity contribution in [2.75, 3.05) is 7.11 Å².